The van der Waals surface area contributed by atoms with Crippen LogP contribution in [0.25, 0.3) is 0 Å². The lowest BCUT2D eigenvalue weighted by molar-refractivity contribution is -0.121. The van der Waals surface area contributed by atoms with Gasteiger partial charge in [-0.2, -0.15) is 0 Å². The summed E-state index contributed by atoms with van der Waals surface area (Å²) in [6.07, 6.45) is 5.89. The molecule has 0 aromatic heterocycles. The van der Waals surface area contributed by atoms with Crippen LogP contribution in [0.2, 0.25) is 0 Å². The molecule has 0 spiro atoms. The Labute approximate surface area is 139 Å². The van der Waals surface area contributed by atoms with Crippen LogP contribution in [0.15, 0.2) is 34.3 Å². The van der Waals surface area contributed by atoms with Crippen LogP contribution in [0.4, 0.5) is 0 Å². The van der Waals surface area contributed by atoms with Crippen molar-refractivity contribution < 1.29 is 19.1 Å². The molecule has 0 amide bonds. The smallest absolute Gasteiger partial charge is 0.228 e. The van der Waals surface area contributed by atoms with E-state index >= 15 is 0 Å². The summed E-state index contributed by atoms with van der Waals surface area (Å²) in [5, 5.41) is 0. The Bertz CT molecular complexity index is 564. The first-order valence-electron chi connectivity index (χ1n) is 8.20. The summed E-state index contributed by atoms with van der Waals surface area (Å²) in [6, 6.07) is 0. The van der Waals surface area contributed by atoms with Gasteiger partial charge < -0.3 is 9.47 Å². The van der Waals surface area contributed by atoms with Crippen LogP contribution in [0.1, 0.15) is 53.4 Å². The Hall–Kier alpha value is -1.84. The maximum absolute atomic E-state index is 12.8. The lowest BCUT2D eigenvalue weighted by Gasteiger charge is -2.25. The minimum Gasteiger partial charge on any atom is -0.489 e. The van der Waals surface area contributed by atoms with Crippen molar-refractivity contribution in [3.8, 4) is 0 Å². The predicted molar refractivity (Wildman–Crippen MR) is 90.8 cm³/mol. The molecule has 0 aromatic rings. The van der Waals surface area contributed by atoms with Crippen molar-refractivity contribution in [2.45, 2.75) is 53.4 Å². The van der Waals surface area contributed by atoms with Crippen LogP contribution in [-0.2, 0) is 19.1 Å². The molecule has 1 unspecified atom stereocenters. The molecule has 128 valence electrons. The number of carbonyl (C=O) groups is 2. The topological polar surface area (TPSA) is 52.6 Å². The first-order valence-corrected chi connectivity index (χ1v) is 8.20. The highest BCUT2D eigenvalue weighted by atomic mass is 16.5. The van der Waals surface area contributed by atoms with E-state index in [1.165, 1.54) is 19.8 Å². The van der Waals surface area contributed by atoms with Gasteiger partial charge in [0.1, 0.15) is 0 Å². The second-order valence-electron chi connectivity index (χ2n) is 5.90. The Morgan fingerprint density at radius 3 is 2.13 bits per heavy atom. The van der Waals surface area contributed by atoms with Gasteiger partial charge in [-0.05, 0) is 39.0 Å². The lowest BCUT2D eigenvalue weighted by Crippen LogP contribution is -2.28. The summed E-state index contributed by atoms with van der Waals surface area (Å²) in [5.41, 5.74) is 2.36. The molecule has 0 fully saturated rings. The normalized spacial score (nSPS) is 17.7. The summed E-state index contributed by atoms with van der Waals surface area (Å²) >= 11 is 0. The molecule has 0 heterocycles. The summed E-state index contributed by atoms with van der Waals surface area (Å²) in [6.45, 7) is 7.99. The second kappa shape index (κ2) is 8.70. The summed E-state index contributed by atoms with van der Waals surface area (Å²) in [4.78, 5) is 25.2. The molecule has 23 heavy (non-hydrogen) atoms. The van der Waals surface area contributed by atoms with Crippen LogP contribution >= 0.6 is 0 Å². The van der Waals surface area contributed by atoms with Crippen molar-refractivity contribution in [2.24, 2.45) is 5.92 Å². The molecule has 0 N–H and O–H groups in total. The van der Waals surface area contributed by atoms with Gasteiger partial charge in [0.15, 0.2) is 0 Å². The summed E-state index contributed by atoms with van der Waals surface area (Å²) < 4.78 is 10.2. The highest BCUT2D eigenvalue weighted by Crippen LogP contribution is 2.33. The van der Waals surface area contributed by atoms with E-state index in [4.69, 9.17) is 9.47 Å². The predicted octanol–water partition coefficient (Wildman–Crippen LogP) is 4.12. The zero-order valence-corrected chi connectivity index (χ0v) is 15.1. The number of methoxy groups -OCH3 is 2. The van der Waals surface area contributed by atoms with Gasteiger partial charge in [-0.15, -0.1) is 0 Å². The molecule has 1 aliphatic rings. The van der Waals surface area contributed by atoms with Crippen molar-refractivity contribution >= 4 is 11.6 Å². The molecule has 1 aliphatic carbocycles. The fourth-order valence-electron chi connectivity index (χ4n) is 2.98. The average Bonchev–Trinajstić information content (AvgIpc) is 2.53. The fraction of sp³-hybridized carbons (Fsp3) is 0.579. The lowest BCUT2D eigenvalue weighted by atomic mass is 9.81. The number of Topliss-reactive ketones (excluding diaryl/α,β-unsaturated/α-hetero) is 2. The molecule has 4 heteroatoms. The van der Waals surface area contributed by atoms with Crippen LogP contribution in [0, 0.1) is 5.92 Å². The van der Waals surface area contributed by atoms with Gasteiger partial charge in [-0.3, -0.25) is 9.59 Å². The van der Waals surface area contributed by atoms with E-state index in [1.54, 1.807) is 6.92 Å². The molecule has 0 aliphatic heterocycles. The van der Waals surface area contributed by atoms with Gasteiger partial charge in [-0.1, -0.05) is 31.9 Å². The van der Waals surface area contributed by atoms with Crippen molar-refractivity contribution in [3.05, 3.63) is 34.3 Å². The van der Waals surface area contributed by atoms with Crippen molar-refractivity contribution in [1.29, 1.82) is 0 Å². The van der Waals surface area contributed by atoms with E-state index in [0.717, 1.165) is 25.7 Å². The minimum atomic E-state index is -0.258. The van der Waals surface area contributed by atoms with Gasteiger partial charge in [0.05, 0.1) is 14.2 Å². The monoisotopic (exact) mass is 320 g/mol. The summed E-state index contributed by atoms with van der Waals surface area (Å²) in [5.74, 6) is -0.444. The summed E-state index contributed by atoms with van der Waals surface area (Å²) in [7, 11) is 2.77. The maximum Gasteiger partial charge on any atom is 0.228 e. The molecule has 0 radical (unpaired) electrons. The molecular weight excluding hydrogens is 292 g/mol. The van der Waals surface area contributed by atoms with Crippen LogP contribution in [0.3, 0.4) is 0 Å². The van der Waals surface area contributed by atoms with Gasteiger partial charge in [0.25, 0.3) is 0 Å². The van der Waals surface area contributed by atoms with Crippen LogP contribution < -0.4 is 0 Å². The Kier molecular flexibility index (Phi) is 7.27. The second-order valence-corrected chi connectivity index (χ2v) is 5.90. The number of ether oxygens (including phenoxy) is 2. The van der Waals surface area contributed by atoms with Crippen LogP contribution in [-0.4, -0.2) is 25.8 Å². The molecule has 1 rings (SSSR count). The van der Waals surface area contributed by atoms with E-state index < -0.39 is 0 Å². The maximum atomic E-state index is 12.8. The van der Waals surface area contributed by atoms with Crippen molar-refractivity contribution in [2.75, 3.05) is 14.2 Å². The third-order valence-corrected chi connectivity index (χ3v) is 4.31. The molecule has 0 saturated heterocycles. The zero-order valence-electron chi connectivity index (χ0n) is 15.1. The van der Waals surface area contributed by atoms with Crippen molar-refractivity contribution in [3.63, 3.8) is 0 Å². The highest BCUT2D eigenvalue weighted by molar-refractivity contribution is 6.23. The van der Waals surface area contributed by atoms with Crippen molar-refractivity contribution in [1.82, 2.24) is 0 Å². The van der Waals surface area contributed by atoms with Gasteiger partial charge >= 0.3 is 0 Å². The molecular formula is C19H28O4. The first kappa shape index (κ1) is 19.2. The number of carbonyl (C=O) groups excluding carboxylic acids is 2. The molecule has 0 saturated carbocycles. The molecule has 1 atom stereocenters. The van der Waals surface area contributed by atoms with E-state index in [9.17, 15) is 9.59 Å². The standard InChI is InChI=1S/C19H28O4/c1-7-9-12(3)10-11-14(8-2)15-13(4)16(20)18(22-5)19(23-6)17(15)21/h10,14H,7-9,11H2,1-6H3/b12-10+. The van der Waals surface area contributed by atoms with E-state index in [2.05, 4.69) is 19.9 Å². The minimum absolute atomic E-state index is 0.00584. The largest absolute Gasteiger partial charge is 0.489 e. The first-order chi connectivity index (χ1) is 10.9. The number of hydrogen-bond donors (Lipinski definition) is 0. The average molecular weight is 320 g/mol. The number of ketones is 2. The zero-order chi connectivity index (χ0) is 17.6. The third-order valence-electron chi connectivity index (χ3n) is 4.31. The van der Waals surface area contributed by atoms with E-state index in [-0.39, 0.29) is 29.0 Å². The van der Waals surface area contributed by atoms with E-state index in [1.807, 2.05) is 6.92 Å². The quantitative estimate of drug-likeness (QED) is 0.498. The Morgan fingerprint density at radius 2 is 1.65 bits per heavy atom. The van der Waals surface area contributed by atoms with Gasteiger partial charge in [0.2, 0.25) is 23.1 Å². The fourth-order valence-corrected chi connectivity index (χ4v) is 2.98. The van der Waals surface area contributed by atoms with Gasteiger partial charge in [0, 0.05) is 11.1 Å². The van der Waals surface area contributed by atoms with E-state index in [0.29, 0.717) is 11.1 Å². The Balaban J connectivity index is 3.18. The van der Waals surface area contributed by atoms with Crippen LogP contribution in [0.5, 0.6) is 0 Å². The van der Waals surface area contributed by atoms with Gasteiger partial charge in [-0.25, -0.2) is 0 Å². The SMILES string of the molecule is CCC/C(C)=C/CC(CC)C1=C(C)C(=O)C(OC)=C(OC)C1=O. The Morgan fingerprint density at radius 1 is 1.09 bits per heavy atom. The number of hydrogen-bond acceptors (Lipinski definition) is 4. The molecule has 0 bridgehead atoms. The molecule has 4 nitrogen and oxygen atoms in total. The number of allylic oxidation sites excluding steroid dienone is 4. The highest BCUT2D eigenvalue weighted by Gasteiger charge is 2.37. The third kappa shape index (κ3) is 4.12. The number of rotatable bonds is 8. The molecule has 0 aromatic carbocycles.